The Morgan fingerprint density at radius 1 is 1.12 bits per heavy atom. The maximum absolute atomic E-state index is 13.2. The predicted molar refractivity (Wildman–Crippen MR) is 94.7 cm³/mol. The van der Waals surface area contributed by atoms with Crippen molar-refractivity contribution in [3.8, 4) is 5.75 Å². The van der Waals surface area contributed by atoms with Gasteiger partial charge in [-0.3, -0.25) is 0 Å². The minimum absolute atomic E-state index is 0.306. The van der Waals surface area contributed by atoms with Gasteiger partial charge in [0.2, 0.25) is 5.95 Å². The number of hydrogen-bond donors (Lipinski definition) is 2. The number of aromatic nitrogens is 3. The lowest BCUT2D eigenvalue weighted by Crippen LogP contribution is -2.08. The molecule has 2 N–H and O–H groups in total. The Morgan fingerprint density at radius 2 is 1.96 bits per heavy atom. The van der Waals surface area contributed by atoms with Crippen molar-refractivity contribution in [3.05, 3.63) is 66.1 Å². The topological polar surface area (TPSA) is 72.0 Å². The molecular formula is C18H18FN5O. The van der Waals surface area contributed by atoms with Gasteiger partial charge in [-0.15, -0.1) is 5.10 Å². The Labute approximate surface area is 145 Å². The van der Waals surface area contributed by atoms with Crippen LogP contribution in [0.4, 0.5) is 21.8 Å². The van der Waals surface area contributed by atoms with E-state index in [1.807, 2.05) is 24.3 Å². The maximum atomic E-state index is 13.2. The quantitative estimate of drug-likeness (QED) is 0.687. The highest BCUT2D eigenvalue weighted by molar-refractivity contribution is 5.53. The van der Waals surface area contributed by atoms with Crippen molar-refractivity contribution in [1.29, 1.82) is 0 Å². The third-order valence-corrected chi connectivity index (χ3v) is 3.52. The van der Waals surface area contributed by atoms with Crippen LogP contribution in [0.3, 0.4) is 0 Å². The summed E-state index contributed by atoms with van der Waals surface area (Å²) in [6.45, 7) is 0.699. The first-order valence-electron chi connectivity index (χ1n) is 7.82. The Morgan fingerprint density at radius 3 is 2.72 bits per heavy atom. The molecule has 0 aliphatic rings. The van der Waals surface area contributed by atoms with Crippen LogP contribution in [0.15, 0.2) is 54.7 Å². The number of nitrogens with zero attached hydrogens (tertiary/aromatic N) is 3. The molecule has 128 valence electrons. The van der Waals surface area contributed by atoms with E-state index >= 15 is 0 Å². The lowest BCUT2D eigenvalue weighted by atomic mass is 10.1. The molecule has 7 heteroatoms. The number of ether oxygens (including phenoxy) is 1. The predicted octanol–water partition coefficient (Wildman–Crippen LogP) is 3.42. The monoisotopic (exact) mass is 339 g/mol. The zero-order valence-corrected chi connectivity index (χ0v) is 13.7. The van der Waals surface area contributed by atoms with Crippen molar-refractivity contribution < 1.29 is 9.13 Å². The van der Waals surface area contributed by atoms with Gasteiger partial charge in [-0.05, 0) is 42.3 Å². The van der Waals surface area contributed by atoms with Gasteiger partial charge in [0.1, 0.15) is 11.6 Å². The van der Waals surface area contributed by atoms with E-state index in [9.17, 15) is 4.39 Å². The normalized spacial score (nSPS) is 10.3. The maximum Gasteiger partial charge on any atom is 0.249 e. The number of rotatable bonds is 7. The van der Waals surface area contributed by atoms with Crippen molar-refractivity contribution in [3.63, 3.8) is 0 Å². The molecule has 0 aliphatic heterocycles. The minimum atomic E-state index is -0.327. The molecule has 0 fully saturated rings. The van der Waals surface area contributed by atoms with Crippen LogP contribution in [0.1, 0.15) is 5.56 Å². The summed E-state index contributed by atoms with van der Waals surface area (Å²) in [4.78, 5) is 4.32. The standard InChI is InChI=1S/C18H18FN5O/c1-25-16-7-5-13(6-8-16)9-10-20-17-12-21-24-18(23-17)22-15-4-2-3-14(19)11-15/h2-8,11-12H,9-10H2,1H3,(H2,20,22,23,24). The average Bonchev–Trinajstić information content (AvgIpc) is 2.63. The van der Waals surface area contributed by atoms with Gasteiger partial charge in [-0.1, -0.05) is 18.2 Å². The summed E-state index contributed by atoms with van der Waals surface area (Å²) in [5, 5.41) is 13.9. The summed E-state index contributed by atoms with van der Waals surface area (Å²) in [7, 11) is 1.65. The van der Waals surface area contributed by atoms with E-state index in [0.29, 0.717) is 24.0 Å². The molecule has 25 heavy (non-hydrogen) atoms. The van der Waals surface area contributed by atoms with Gasteiger partial charge >= 0.3 is 0 Å². The zero-order chi connectivity index (χ0) is 17.5. The molecule has 0 radical (unpaired) electrons. The van der Waals surface area contributed by atoms with E-state index in [-0.39, 0.29) is 5.82 Å². The van der Waals surface area contributed by atoms with E-state index < -0.39 is 0 Å². The van der Waals surface area contributed by atoms with E-state index in [1.54, 1.807) is 25.4 Å². The number of nitrogens with one attached hydrogen (secondary N) is 2. The van der Waals surface area contributed by atoms with Crippen LogP contribution in [0.2, 0.25) is 0 Å². The molecular weight excluding hydrogens is 321 g/mol. The Hall–Kier alpha value is -3.22. The smallest absolute Gasteiger partial charge is 0.249 e. The molecule has 0 atom stereocenters. The number of hydrogen-bond acceptors (Lipinski definition) is 6. The first-order valence-corrected chi connectivity index (χ1v) is 7.82. The van der Waals surface area contributed by atoms with Crippen LogP contribution < -0.4 is 15.4 Å². The van der Waals surface area contributed by atoms with Gasteiger partial charge in [0.25, 0.3) is 0 Å². The lowest BCUT2D eigenvalue weighted by molar-refractivity contribution is 0.414. The SMILES string of the molecule is COc1ccc(CCNc2cnnc(Nc3cccc(F)c3)n2)cc1. The van der Waals surface area contributed by atoms with Gasteiger partial charge in [0.15, 0.2) is 5.82 Å². The summed E-state index contributed by atoms with van der Waals surface area (Å²) in [5.74, 6) is 1.42. The fraction of sp³-hybridized carbons (Fsp3) is 0.167. The fourth-order valence-corrected chi connectivity index (χ4v) is 2.26. The molecule has 3 aromatic rings. The molecule has 0 saturated heterocycles. The molecule has 0 unspecified atom stereocenters. The second-order valence-corrected chi connectivity index (χ2v) is 5.33. The number of methoxy groups -OCH3 is 1. The number of benzene rings is 2. The average molecular weight is 339 g/mol. The molecule has 0 amide bonds. The van der Waals surface area contributed by atoms with Gasteiger partial charge in [-0.2, -0.15) is 10.1 Å². The molecule has 6 nitrogen and oxygen atoms in total. The van der Waals surface area contributed by atoms with Crippen LogP contribution in [0.25, 0.3) is 0 Å². The molecule has 1 heterocycles. The largest absolute Gasteiger partial charge is 0.497 e. The zero-order valence-electron chi connectivity index (χ0n) is 13.7. The molecule has 1 aromatic heterocycles. The molecule has 0 spiro atoms. The van der Waals surface area contributed by atoms with Crippen molar-refractivity contribution in [2.45, 2.75) is 6.42 Å². The van der Waals surface area contributed by atoms with E-state index in [4.69, 9.17) is 4.74 Å². The van der Waals surface area contributed by atoms with Gasteiger partial charge in [-0.25, -0.2) is 4.39 Å². The third kappa shape index (κ3) is 4.87. The van der Waals surface area contributed by atoms with E-state index in [2.05, 4.69) is 25.8 Å². The summed E-state index contributed by atoms with van der Waals surface area (Å²) < 4.78 is 18.3. The van der Waals surface area contributed by atoms with Crippen LogP contribution in [0, 0.1) is 5.82 Å². The Kier molecular flexibility index (Phi) is 5.36. The van der Waals surface area contributed by atoms with Crippen molar-refractivity contribution in [2.24, 2.45) is 0 Å². The first kappa shape index (κ1) is 16.6. The Balaban J connectivity index is 1.56. The van der Waals surface area contributed by atoms with Crippen LogP contribution in [-0.4, -0.2) is 28.8 Å². The third-order valence-electron chi connectivity index (χ3n) is 3.52. The molecule has 0 bridgehead atoms. The molecule has 0 aliphatic carbocycles. The van der Waals surface area contributed by atoms with Crippen LogP contribution in [-0.2, 0) is 6.42 Å². The molecule has 2 aromatic carbocycles. The van der Waals surface area contributed by atoms with Gasteiger partial charge < -0.3 is 15.4 Å². The number of anilines is 3. The summed E-state index contributed by atoms with van der Waals surface area (Å²) >= 11 is 0. The number of halogens is 1. The van der Waals surface area contributed by atoms with Crippen molar-refractivity contribution in [2.75, 3.05) is 24.3 Å². The second kappa shape index (κ2) is 8.05. The van der Waals surface area contributed by atoms with Crippen molar-refractivity contribution >= 4 is 17.5 Å². The summed E-state index contributed by atoms with van der Waals surface area (Å²) in [6, 6.07) is 14.0. The van der Waals surface area contributed by atoms with Crippen LogP contribution in [0.5, 0.6) is 5.75 Å². The Bertz CT molecular complexity index is 826. The van der Waals surface area contributed by atoms with Gasteiger partial charge in [0.05, 0.1) is 13.3 Å². The highest BCUT2D eigenvalue weighted by atomic mass is 19.1. The minimum Gasteiger partial charge on any atom is -0.497 e. The summed E-state index contributed by atoms with van der Waals surface area (Å²) in [5.41, 5.74) is 1.76. The lowest BCUT2D eigenvalue weighted by Gasteiger charge is -2.08. The molecule has 3 rings (SSSR count). The highest BCUT2D eigenvalue weighted by Gasteiger charge is 2.02. The fourth-order valence-electron chi connectivity index (χ4n) is 2.26. The van der Waals surface area contributed by atoms with Crippen LogP contribution >= 0.6 is 0 Å². The van der Waals surface area contributed by atoms with E-state index in [0.717, 1.165) is 12.2 Å². The van der Waals surface area contributed by atoms with E-state index in [1.165, 1.54) is 17.7 Å². The highest BCUT2D eigenvalue weighted by Crippen LogP contribution is 2.15. The summed E-state index contributed by atoms with van der Waals surface area (Å²) in [6.07, 6.45) is 2.38. The van der Waals surface area contributed by atoms with Crippen molar-refractivity contribution in [1.82, 2.24) is 15.2 Å². The second-order valence-electron chi connectivity index (χ2n) is 5.33. The van der Waals surface area contributed by atoms with Gasteiger partial charge in [0, 0.05) is 12.2 Å². The molecule has 0 saturated carbocycles. The first-order chi connectivity index (χ1) is 12.2.